The van der Waals surface area contributed by atoms with E-state index in [-0.39, 0.29) is 17.9 Å². The van der Waals surface area contributed by atoms with Gasteiger partial charge in [0.05, 0.1) is 6.04 Å². The molecule has 0 aromatic rings. The van der Waals surface area contributed by atoms with Gasteiger partial charge in [-0.3, -0.25) is 9.59 Å². The van der Waals surface area contributed by atoms with Gasteiger partial charge in [-0.25, -0.2) is 0 Å². The second kappa shape index (κ2) is 7.62. The van der Waals surface area contributed by atoms with Crippen LogP contribution in [0.2, 0.25) is 0 Å². The van der Waals surface area contributed by atoms with Gasteiger partial charge in [0, 0.05) is 26.1 Å². The fourth-order valence-electron chi connectivity index (χ4n) is 3.11. The fraction of sp³-hybridized carbons (Fsp3) is 0.867. The Morgan fingerprint density at radius 3 is 2.85 bits per heavy atom. The molecular weight excluding hydrogens is 254 g/mol. The summed E-state index contributed by atoms with van der Waals surface area (Å²) in [5.41, 5.74) is 0. The maximum Gasteiger partial charge on any atom is 0.237 e. The van der Waals surface area contributed by atoms with Gasteiger partial charge in [0.2, 0.25) is 11.8 Å². The first kappa shape index (κ1) is 15.3. The van der Waals surface area contributed by atoms with Crippen molar-refractivity contribution in [3.05, 3.63) is 0 Å². The number of likely N-dealkylation sites (tertiary alicyclic amines) is 1. The van der Waals surface area contributed by atoms with E-state index in [0.717, 1.165) is 51.7 Å². The van der Waals surface area contributed by atoms with E-state index in [1.165, 1.54) is 0 Å². The highest BCUT2D eigenvalue weighted by atomic mass is 16.2. The lowest BCUT2D eigenvalue weighted by Gasteiger charge is -2.33. The molecule has 2 aliphatic rings. The molecule has 2 atom stereocenters. The summed E-state index contributed by atoms with van der Waals surface area (Å²) < 4.78 is 0. The molecule has 0 radical (unpaired) electrons. The average molecular weight is 281 g/mol. The molecule has 20 heavy (non-hydrogen) atoms. The van der Waals surface area contributed by atoms with E-state index in [1.54, 1.807) is 0 Å². The van der Waals surface area contributed by atoms with Crippen LogP contribution >= 0.6 is 0 Å². The number of piperidine rings is 1. The summed E-state index contributed by atoms with van der Waals surface area (Å²) in [7, 11) is 0. The first-order valence-electron chi connectivity index (χ1n) is 7.99. The number of hydrogen-bond donors (Lipinski definition) is 2. The largest absolute Gasteiger partial charge is 0.354 e. The first-order chi connectivity index (χ1) is 9.70. The van der Waals surface area contributed by atoms with Gasteiger partial charge in [-0.1, -0.05) is 6.92 Å². The van der Waals surface area contributed by atoms with Crippen molar-refractivity contribution in [3.8, 4) is 0 Å². The number of nitrogens with zero attached hydrogens (tertiary/aromatic N) is 1. The van der Waals surface area contributed by atoms with Crippen molar-refractivity contribution in [2.45, 2.75) is 51.5 Å². The van der Waals surface area contributed by atoms with Crippen molar-refractivity contribution in [3.63, 3.8) is 0 Å². The van der Waals surface area contributed by atoms with Crippen LogP contribution in [0.4, 0.5) is 0 Å². The number of carbonyl (C=O) groups is 2. The van der Waals surface area contributed by atoms with Crippen molar-refractivity contribution >= 4 is 11.8 Å². The lowest BCUT2D eigenvalue weighted by molar-refractivity contribution is -0.133. The van der Waals surface area contributed by atoms with Gasteiger partial charge in [-0.15, -0.1) is 0 Å². The Kier molecular flexibility index (Phi) is 5.83. The Labute approximate surface area is 121 Å². The van der Waals surface area contributed by atoms with Crippen LogP contribution in [0.5, 0.6) is 0 Å². The molecule has 5 heteroatoms. The number of rotatable bonds is 5. The zero-order valence-corrected chi connectivity index (χ0v) is 12.5. The third-order valence-electron chi connectivity index (χ3n) is 4.28. The molecular formula is C15H27N3O2. The molecule has 5 nitrogen and oxygen atoms in total. The Balaban J connectivity index is 1.72. The Hall–Kier alpha value is -1.10. The quantitative estimate of drug-likeness (QED) is 0.787. The molecule has 114 valence electrons. The van der Waals surface area contributed by atoms with Crippen molar-refractivity contribution in [1.29, 1.82) is 0 Å². The molecule has 2 fully saturated rings. The summed E-state index contributed by atoms with van der Waals surface area (Å²) in [6, 6.07) is -0.00332. The smallest absolute Gasteiger partial charge is 0.237 e. The molecule has 2 amide bonds. The van der Waals surface area contributed by atoms with E-state index in [0.29, 0.717) is 18.9 Å². The lowest BCUT2D eigenvalue weighted by atomic mass is 9.97. The molecule has 0 spiro atoms. The summed E-state index contributed by atoms with van der Waals surface area (Å²) >= 11 is 0. The second-order valence-electron chi connectivity index (χ2n) is 5.99. The van der Waals surface area contributed by atoms with Crippen LogP contribution < -0.4 is 10.6 Å². The first-order valence-corrected chi connectivity index (χ1v) is 7.99. The number of carbonyl (C=O) groups excluding carboxylic acids is 2. The average Bonchev–Trinajstić information content (AvgIpc) is 2.99. The molecule has 2 N–H and O–H groups in total. The molecule has 0 aromatic carbocycles. The molecule has 2 heterocycles. The van der Waals surface area contributed by atoms with Crippen LogP contribution in [0.15, 0.2) is 0 Å². The zero-order valence-electron chi connectivity index (χ0n) is 12.5. The van der Waals surface area contributed by atoms with Crippen LogP contribution in [-0.2, 0) is 9.59 Å². The summed E-state index contributed by atoms with van der Waals surface area (Å²) in [4.78, 5) is 25.8. The van der Waals surface area contributed by atoms with Crippen LogP contribution in [0.1, 0.15) is 45.4 Å². The highest BCUT2D eigenvalue weighted by molar-refractivity contribution is 5.82. The Bertz CT molecular complexity index is 340. The van der Waals surface area contributed by atoms with Gasteiger partial charge < -0.3 is 15.5 Å². The second-order valence-corrected chi connectivity index (χ2v) is 5.99. The molecule has 0 bridgehead atoms. The lowest BCUT2D eigenvalue weighted by Crippen LogP contribution is -2.46. The highest BCUT2D eigenvalue weighted by Gasteiger charge is 2.25. The van der Waals surface area contributed by atoms with Gasteiger partial charge >= 0.3 is 0 Å². The molecule has 0 aliphatic carbocycles. The monoisotopic (exact) mass is 281 g/mol. The third kappa shape index (κ3) is 4.20. The van der Waals surface area contributed by atoms with E-state index < -0.39 is 0 Å². The molecule has 2 aliphatic heterocycles. The minimum Gasteiger partial charge on any atom is -0.354 e. The number of hydrogen-bond acceptors (Lipinski definition) is 3. The van der Waals surface area contributed by atoms with Gasteiger partial charge in [0.25, 0.3) is 0 Å². The fourth-order valence-corrected chi connectivity index (χ4v) is 3.11. The van der Waals surface area contributed by atoms with E-state index in [1.807, 2.05) is 11.8 Å². The van der Waals surface area contributed by atoms with Crippen molar-refractivity contribution in [2.24, 2.45) is 5.92 Å². The predicted octanol–water partition coefficient (Wildman–Crippen LogP) is 0.893. The third-order valence-corrected chi connectivity index (χ3v) is 4.28. The van der Waals surface area contributed by atoms with Crippen LogP contribution in [0.25, 0.3) is 0 Å². The van der Waals surface area contributed by atoms with Gasteiger partial charge in [-0.2, -0.15) is 0 Å². The van der Waals surface area contributed by atoms with E-state index in [4.69, 9.17) is 0 Å². The van der Waals surface area contributed by atoms with Crippen molar-refractivity contribution < 1.29 is 9.59 Å². The predicted molar refractivity (Wildman–Crippen MR) is 78.2 cm³/mol. The van der Waals surface area contributed by atoms with Crippen molar-refractivity contribution in [2.75, 3.05) is 26.2 Å². The van der Waals surface area contributed by atoms with Crippen LogP contribution in [-0.4, -0.2) is 48.9 Å². The van der Waals surface area contributed by atoms with Crippen molar-refractivity contribution in [1.82, 2.24) is 15.5 Å². The standard InChI is InChI=1S/C15H27N3O2/c1-2-5-14(19)18-9-4-6-12(11-18)10-17-15(20)13-7-3-8-16-13/h12-13,16H,2-11H2,1H3,(H,17,20)/t12-,13+/m0/s1. The molecule has 2 saturated heterocycles. The molecule has 0 unspecified atom stereocenters. The SMILES string of the molecule is CCCC(=O)N1CCC[C@@H](CNC(=O)[C@H]2CCCN2)C1. The number of amides is 2. The Morgan fingerprint density at radius 2 is 2.15 bits per heavy atom. The Morgan fingerprint density at radius 1 is 1.30 bits per heavy atom. The van der Waals surface area contributed by atoms with Gasteiger partial charge in [0.1, 0.15) is 0 Å². The van der Waals surface area contributed by atoms with Gasteiger partial charge in [-0.05, 0) is 44.6 Å². The zero-order chi connectivity index (χ0) is 14.4. The van der Waals surface area contributed by atoms with E-state index in [2.05, 4.69) is 10.6 Å². The summed E-state index contributed by atoms with van der Waals surface area (Å²) in [6.45, 7) is 5.37. The van der Waals surface area contributed by atoms with E-state index in [9.17, 15) is 9.59 Å². The number of nitrogens with one attached hydrogen (secondary N) is 2. The highest BCUT2D eigenvalue weighted by Crippen LogP contribution is 2.17. The maximum absolute atomic E-state index is 12.0. The van der Waals surface area contributed by atoms with Gasteiger partial charge in [0.15, 0.2) is 0 Å². The van der Waals surface area contributed by atoms with Crippen LogP contribution in [0, 0.1) is 5.92 Å². The summed E-state index contributed by atoms with van der Waals surface area (Å²) in [5.74, 6) is 0.801. The molecule has 2 rings (SSSR count). The maximum atomic E-state index is 12.0. The minimum atomic E-state index is -0.00332. The summed E-state index contributed by atoms with van der Waals surface area (Å²) in [6.07, 6.45) is 5.74. The minimum absolute atomic E-state index is 0.00332. The molecule has 0 aromatic heterocycles. The summed E-state index contributed by atoms with van der Waals surface area (Å²) in [5, 5.41) is 6.26. The normalized spacial score (nSPS) is 26.6. The molecule has 0 saturated carbocycles. The van der Waals surface area contributed by atoms with E-state index >= 15 is 0 Å². The van der Waals surface area contributed by atoms with Crippen LogP contribution in [0.3, 0.4) is 0 Å². The topological polar surface area (TPSA) is 61.4 Å².